The number of nitrogens with one attached hydrogen (secondary N) is 1. The van der Waals surface area contributed by atoms with Crippen molar-refractivity contribution in [2.45, 2.75) is 44.8 Å². The van der Waals surface area contributed by atoms with Gasteiger partial charge < -0.3 is 9.88 Å². The summed E-state index contributed by atoms with van der Waals surface area (Å²) in [6, 6.07) is 4.45. The second-order valence-electron chi connectivity index (χ2n) is 7.93. The van der Waals surface area contributed by atoms with Crippen molar-refractivity contribution in [3.63, 3.8) is 0 Å². The molecule has 0 radical (unpaired) electrons. The van der Waals surface area contributed by atoms with E-state index in [1.165, 1.54) is 12.0 Å². The van der Waals surface area contributed by atoms with Gasteiger partial charge in [0.15, 0.2) is 0 Å². The van der Waals surface area contributed by atoms with E-state index in [9.17, 15) is 4.79 Å². The fourth-order valence-electron chi connectivity index (χ4n) is 4.47. The maximum atomic E-state index is 12.5. The number of hydrogen-bond donors (Lipinski definition) is 1. The van der Waals surface area contributed by atoms with Crippen LogP contribution in [0.2, 0.25) is 0 Å². The lowest BCUT2D eigenvalue weighted by atomic mass is 9.89. The number of fused-ring (bicyclic) bond motifs is 2. The Morgan fingerprint density at radius 2 is 2.08 bits per heavy atom. The van der Waals surface area contributed by atoms with Crippen LogP contribution in [0.4, 0.5) is 0 Å². The van der Waals surface area contributed by atoms with E-state index in [2.05, 4.69) is 36.0 Å². The van der Waals surface area contributed by atoms with Gasteiger partial charge in [0.2, 0.25) is 5.82 Å². The van der Waals surface area contributed by atoms with Crippen LogP contribution in [0.5, 0.6) is 0 Å². The Kier molecular flexibility index (Phi) is 3.96. The number of carbonyl (C=O) groups excluding carboxylic acids is 1. The number of hydrogen-bond acceptors (Lipinski definition) is 5. The first-order valence-electron chi connectivity index (χ1n) is 9.60. The predicted octanol–water partition coefficient (Wildman–Crippen LogP) is 1.26. The molecule has 2 aliphatic heterocycles. The molecule has 1 amide bonds. The van der Waals surface area contributed by atoms with Crippen LogP contribution in [0.15, 0.2) is 24.5 Å². The monoisotopic (exact) mass is 352 g/mol. The second-order valence-corrected chi connectivity index (χ2v) is 7.93. The van der Waals surface area contributed by atoms with E-state index in [4.69, 9.17) is 0 Å². The van der Waals surface area contributed by atoms with Crippen molar-refractivity contribution in [1.29, 1.82) is 0 Å². The first-order chi connectivity index (χ1) is 12.8. The Labute approximate surface area is 152 Å². The zero-order chi connectivity index (χ0) is 17.5. The van der Waals surface area contributed by atoms with Gasteiger partial charge in [0.1, 0.15) is 5.82 Å². The highest BCUT2D eigenvalue weighted by atomic mass is 16.2. The van der Waals surface area contributed by atoms with Crippen molar-refractivity contribution in [2.75, 3.05) is 13.1 Å². The summed E-state index contributed by atoms with van der Waals surface area (Å²) in [6.07, 6.45) is 8.05. The van der Waals surface area contributed by atoms with Crippen LogP contribution in [0.3, 0.4) is 0 Å². The number of likely N-dealkylation sites (tertiary alicyclic amines) is 1. The molecule has 0 bridgehead atoms. The van der Waals surface area contributed by atoms with Gasteiger partial charge in [0, 0.05) is 51.0 Å². The summed E-state index contributed by atoms with van der Waals surface area (Å²) in [6.45, 7) is 3.93. The van der Waals surface area contributed by atoms with Crippen molar-refractivity contribution in [1.82, 2.24) is 30.0 Å². The van der Waals surface area contributed by atoms with Crippen LogP contribution in [0, 0.1) is 11.8 Å². The minimum Gasteiger partial charge on any atom is -0.347 e. The van der Waals surface area contributed by atoms with Crippen LogP contribution < -0.4 is 5.32 Å². The molecule has 1 aliphatic carbocycles. The zero-order valence-corrected chi connectivity index (χ0v) is 14.8. The van der Waals surface area contributed by atoms with Crippen molar-refractivity contribution < 1.29 is 4.79 Å². The lowest BCUT2D eigenvalue weighted by Crippen LogP contribution is -2.41. The standard InChI is InChI=1S/C19H24N6O/c26-19(21-16-4-1-5-16)18-23-22-17-7-14-10-24(11-15(14)12-25(17)18)9-13-3-2-6-20-8-13/h2-3,6,8,14-16H,1,4-5,7,9-12H2,(H,21,26)/t14-,15-/m0/s1. The summed E-state index contributed by atoms with van der Waals surface area (Å²) in [7, 11) is 0. The van der Waals surface area contributed by atoms with Crippen LogP contribution >= 0.6 is 0 Å². The quantitative estimate of drug-likeness (QED) is 0.897. The summed E-state index contributed by atoms with van der Waals surface area (Å²) in [5.74, 6) is 2.57. The van der Waals surface area contributed by atoms with E-state index in [-0.39, 0.29) is 5.91 Å². The Balaban J connectivity index is 1.27. The lowest BCUT2D eigenvalue weighted by Gasteiger charge is -2.28. The second kappa shape index (κ2) is 6.46. The summed E-state index contributed by atoms with van der Waals surface area (Å²) >= 11 is 0. The third kappa shape index (κ3) is 2.90. The van der Waals surface area contributed by atoms with E-state index in [1.54, 1.807) is 0 Å². The molecule has 2 fully saturated rings. The Bertz CT molecular complexity index is 800. The molecule has 136 valence electrons. The van der Waals surface area contributed by atoms with Gasteiger partial charge in [0.05, 0.1) is 0 Å². The van der Waals surface area contributed by atoms with Gasteiger partial charge in [0.25, 0.3) is 5.91 Å². The lowest BCUT2D eigenvalue weighted by molar-refractivity contribution is 0.0898. The van der Waals surface area contributed by atoms with Gasteiger partial charge in [-0.25, -0.2) is 0 Å². The van der Waals surface area contributed by atoms with Gasteiger partial charge in [-0.1, -0.05) is 6.07 Å². The van der Waals surface area contributed by atoms with Crippen LogP contribution in [0.1, 0.15) is 41.3 Å². The third-order valence-corrected chi connectivity index (χ3v) is 6.11. The molecular formula is C19H24N6O. The van der Waals surface area contributed by atoms with Crippen LogP contribution in [-0.4, -0.2) is 49.7 Å². The molecule has 0 unspecified atom stereocenters. The molecule has 0 spiro atoms. The van der Waals surface area contributed by atoms with Crippen molar-refractivity contribution in [3.8, 4) is 0 Å². The molecule has 3 aliphatic rings. The van der Waals surface area contributed by atoms with Gasteiger partial charge in [-0.05, 0) is 42.7 Å². The molecule has 2 aromatic heterocycles. The molecule has 26 heavy (non-hydrogen) atoms. The summed E-state index contributed by atoms with van der Waals surface area (Å²) in [5, 5.41) is 11.6. The fourth-order valence-corrected chi connectivity index (χ4v) is 4.47. The smallest absolute Gasteiger partial charge is 0.289 e. The number of rotatable bonds is 4. The molecule has 5 rings (SSSR count). The highest BCUT2D eigenvalue weighted by Crippen LogP contribution is 2.33. The molecular weight excluding hydrogens is 328 g/mol. The van der Waals surface area contributed by atoms with E-state index >= 15 is 0 Å². The molecule has 7 nitrogen and oxygen atoms in total. The minimum absolute atomic E-state index is 0.0582. The minimum atomic E-state index is -0.0582. The highest BCUT2D eigenvalue weighted by molar-refractivity contribution is 5.91. The van der Waals surface area contributed by atoms with Gasteiger partial charge in [-0.3, -0.25) is 14.7 Å². The van der Waals surface area contributed by atoms with Crippen LogP contribution in [0.25, 0.3) is 0 Å². The number of aromatic nitrogens is 4. The maximum Gasteiger partial charge on any atom is 0.289 e. The number of pyridine rings is 1. The fraction of sp³-hybridized carbons (Fsp3) is 0.579. The molecule has 4 heterocycles. The average Bonchev–Trinajstić information content (AvgIpc) is 3.19. The van der Waals surface area contributed by atoms with Crippen molar-refractivity contribution >= 4 is 5.91 Å². The molecule has 1 N–H and O–H groups in total. The SMILES string of the molecule is O=C(NC1CCC1)c1nnc2n1C[C@@H]1CN(Cc3cccnc3)C[C@@H]1C2. The normalized spacial score (nSPS) is 25.4. The molecule has 7 heteroatoms. The first kappa shape index (κ1) is 15.9. The molecule has 1 saturated carbocycles. The van der Waals surface area contributed by atoms with Crippen LogP contribution in [-0.2, 0) is 19.5 Å². The molecule has 2 atom stereocenters. The Hall–Kier alpha value is -2.28. The number of amides is 1. The van der Waals surface area contributed by atoms with Gasteiger partial charge in [-0.2, -0.15) is 0 Å². The van der Waals surface area contributed by atoms with Gasteiger partial charge in [-0.15, -0.1) is 10.2 Å². The zero-order valence-electron chi connectivity index (χ0n) is 14.8. The molecule has 1 saturated heterocycles. The first-order valence-corrected chi connectivity index (χ1v) is 9.60. The van der Waals surface area contributed by atoms with Crippen molar-refractivity contribution in [3.05, 3.63) is 41.7 Å². The summed E-state index contributed by atoms with van der Waals surface area (Å²) < 4.78 is 2.06. The van der Waals surface area contributed by atoms with Crippen molar-refractivity contribution in [2.24, 2.45) is 11.8 Å². The number of carbonyl (C=O) groups is 1. The average molecular weight is 352 g/mol. The topological polar surface area (TPSA) is 75.9 Å². The van der Waals surface area contributed by atoms with E-state index in [0.717, 1.165) is 51.3 Å². The van der Waals surface area contributed by atoms with E-state index in [0.29, 0.717) is 23.7 Å². The van der Waals surface area contributed by atoms with E-state index < -0.39 is 0 Å². The Morgan fingerprint density at radius 1 is 1.19 bits per heavy atom. The molecule has 0 aromatic carbocycles. The highest BCUT2D eigenvalue weighted by Gasteiger charge is 2.39. The predicted molar refractivity (Wildman–Crippen MR) is 95.3 cm³/mol. The van der Waals surface area contributed by atoms with Gasteiger partial charge >= 0.3 is 0 Å². The maximum absolute atomic E-state index is 12.5. The van der Waals surface area contributed by atoms with E-state index in [1.807, 2.05) is 18.5 Å². The largest absolute Gasteiger partial charge is 0.347 e. The summed E-state index contributed by atoms with van der Waals surface area (Å²) in [4.78, 5) is 19.2. The Morgan fingerprint density at radius 3 is 2.85 bits per heavy atom. The third-order valence-electron chi connectivity index (χ3n) is 6.11. The molecule has 2 aromatic rings. The number of nitrogens with zero attached hydrogens (tertiary/aromatic N) is 5. The summed E-state index contributed by atoms with van der Waals surface area (Å²) in [5.41, 5.74) is 1.26.